The summed E-state index contributed by atoms with van der Waals surface area (Å²) in [5, 5.41) is 0. The van der Waals surface area contributed by atoms with Gasteiger partial charge in [-0.25, -0.2) is 9.55 Å². The highest BCUT2D eigenvalue weighted by Gasteiger charge is 2.49. The lowest BCUT2D eigenvalue weighted by Crippen LogP contribution is -2.48. The summed E-state index contributed by atoms with van der Waals surface area (Å²) in [6.07, 6.45) is 4.25. The van der Waals surface area contributed by atoms with Crippen molar-refractivity contribution >= 4 is 0 Å². The van der Waals surface area contributed by atoms with Crippen LogP contribution in [0.15, 0.2) is 36.7 Å². The quantitative estimate of drug-likeness (QED) is 0.573. The number of rotatable bonds is 1. The molecule has 0 N–H and O–H groups in total. The summed E-state index contributed by atoms with van der Waals surface area (Å²) in [6, 6.07) is 9.07. The van der Waals surface area contributed by atoms with Crippen LogP contribution in [0.2, 0.25) is 0 Å². The van der Waals surface area contributed by atoms with Crippen LogP contribution in [0.1, 0.15) is 50.1 Å². The normalized spacial score (nSPS) is 16.7. The van der Waals surface area contributed by atoms with Crippen LogP contribution in [0.25, 0.3) is 22.6 Å². The van der Waals surface area contributed by atoms with E-state index in [-0.39, 0.29) is 10.8 Å². The first-order valence-corrected chi connectivity index (χ1v) is 9.71. The number of fused-ring (bicyclic) bond motifs is 3. The molecule has 3 heteroatoms. The first kappa shape index (κ1) is 18.0. The highest BCUT2D eigenvalue weighted by atomic mass is 15.0. The molecule has 0 fully saturated rings. The first-order chi connectivity index (χ1) is 12.6. The molecule has 0 unspecified atom stereocenters. The number of imidazole rings is 1. The number of aromatic nitrogens is 3. The van der Waals surface area contributed by atoms with Gasteiger partial charge in [-0.15, -0.1) is 0 Å². The van der Waals surface area contributed by atoms with Crippen LogP contribution in [0, 0.1) is 13.8 Å². The average molecular weight is 361 g/mol. The highest BCUT2D eigenvalue weighted by molar-refractivity contribution is 5.81. The Kier molecular flexibility index (Phi) is 3.69. The maximum absolute atomic E-state index is 4.79. The van der Waals surface area contributed by atoms with Crippen molar-refractivity contribution < 1.29 is 4.57 Å². The maximum atomic E-state index is 4.79. The number of benzene rings is 1. The van der Waals surface area contributed by atoms with Crippen LogP contribution in [0.3, 0.4) is 0 Å². The van der Waals surface area contributed by atoms with Crippen molar-refractivity contribution in [1.29, 1.82) is 0 Å². The minimum Gasteiger partial charge on any atom is -0.334 e. The van der Waals surface area contributed by atoms with Gasteiger partial charge in [-0.05, 0) is 36.5 Å². The van der Waals surface area contributed by atoms with E-state index in [1.165, 1.54) is 33.5 Å². The molecule has 3 aromatic rings. The summed E-state index contributed by atoms with van der Waals surface area (Å²) >= 11 is 0. The fourth-order valence-electron chi connectivity index (χ4n) is 4.75. The fourth-order valence-corrected chi connectivity index (χ4v) is 4.75. The van der Waals surface area contributed by atoms with Gasteiger partial charge in [0.1, 0.15) is 12.9 Å². The first-order valence-electron chi connectivity index (χ1n) is 9.71. The molecule has 0 saturated carbocycles. The zero-order chi connectivity index (χ0) is 19.7. The van der Waals surface area contributed by atoms with E-state index in [1.54, 1.807) is 0 Å². The summed E-state index contributed by atoms with van der Waals surface area (Å²) in [4.78, 5) is 4.79. The second-order valence-corrected chi connectivity index (χ2v) is 9.11. The monoisotopic (exact) mass is 360 g/mol. The van der Waals surface area contributed by atoms with Crippen molar-refractivity contribution in [2.75, 3.05) is 0 Å². The Bertz CT molecular complexity index is 1070. The second kappa shape index (κ2) is 5.54. The Morgan fingerprint density at radius 2 is 1.63 bits per heavy atom. The van der Waals surface area contributed by atoms with E-state index in [9.17, 15) is 0 Å². The molecule has 0 aliphatic heterocycles. The van der Waals surface area contributed by atoms with Crippen molar-refractivity contribution in [2.45, 2.75) is 52.4 Å². The third-order valence-corrected chi connectivity index (χ3v) is 7.03. The zero-order valence-electron chi connectivity index (χ0n) is 17.8. The van der Waals surface area contributed by atoms with Crippen LogP contribution in [-0.4, -0.2) is 9.55 Å². The van der Waals surface area contributed by atoms with Crippen molar-refractivity contribution in [3.63, 3.8) is 0 Å². The molecule has 2 heterocycles. The topological polar surface area (TPSA) is 21.7 Å². The summed E-state index contributed by atoms with van der Waals surface area (Å²) in [5.41, 5.74) is 9.21. The molecular weight excluding hydrogens is 330 g/mol. The number of aryl methyl sites for hydroxylation is 3. The van der Waals surface area contributed by atoms with E-state index in [0.717, 1.165) is 11.5 Å². The highest BCUT2D eigenvalue weighted by Crippen LogP contribution is 2.54. The van der Waals surface area contributed by atoms with Gasteiger partial charge in [-0.2, -0.15) is 0 Å². The van der Waals surface area contributed by atoms with Gasteiger partial charge in [0.15, 0.2) is 6.20 Å². The number of hydrogen-bond acceptors (Lipinski definition) is 1. The Morgan fingerprint density at radius 1 is 0.963 bits per heavy atom. The Hall–Kier alpha value is -2.42. The number of pyridine rings is 1. The Labute approximate surface area is 162 Å². The van der Waals surface area contributed by atoms with Crippen molar-refractivity contribution in [1.82, 2.24) is 9.55 Å². The lowest BCUT2D eigenvalue weighted by atomic mass is 9.55. The molecule has 0 spiro atoms. The van der Waals surface area contributed by atoms with Crippen LogP contribution in [0.4, 0.5) is 0 Å². The third kappa shape index (κ3) is 2.27. The molecule has 2 aromatic heterocycles. The maximum Gasteiger partial charge on any atom is 0.216 e. The van der Waals surface area contributed by atoms with E-state index < -0.39 is 0 Å². The Morgan fingerprint density at radius 3 is 2.26 bits per heavy atom. The van der Waals surface area contributed by atoms with Crippen LogP contribution in [-0.2, 0) is 24.9 Å². The van der Waals surface area contributed by atoms with Gasteiger partial charge in [-0.3, -0.25) is 0 Å². The van der Waals surface area contributed by atoms with E-state index in [1.807, 2.05) is 0 Å². The lowest BCUT2D eigenvalue weighted by Gasteiger charge is -2.47. The van der Waals surface area contributed by atoms with Gasteiger partial charge < -0.3 is 4.57 Å². The van der Waals surface area contributed by atoms with Gasteiger partial charge in [0.05, 0.1) is 11.3 Å². The predicted molar refractivity (Wildman–Crippen MR) is 111 cm³/mol. The molecule has 140 valence electrons. The van der Waals surface area contributed by atoms with Crippen LogP contribution >= 0.6 is 0 Å². The second-order valence-electron chi connectivity index (χ2n) is 9.11. The zero-order valence-corrected chi connectivity index (χ0v) is 17.8. The van der Waals surface area contributed by atoms with Gasteiger partial charge in [0.2, 0.25) is 5.69 Å². The van der Waals surface area contributed by atoms with Crippen LogP contribution in [0.5, 0.6) is 0 Å². The van der Waals surface area contributed by atoms with E-state index >= 15 is 0 Å². The summed E-state index contributed by atoms with van der Waals surface area (Å²) in [5.74, 6) is 1.04. The molecule has 1 aromatic carbocycles. The molecule has 4 rings (SSSR count). The van der Waals surface area contributed by atoms with Crippen molar-refractivity contribution in [3.8, 4) is 22.6 Å². The van der Waals surface area contributed by atoms with E-state index in [2.05, 4.69) is 101 Å². The van der Waals surface area contributed by atoms with Gasteiger partial charge in [0.25, 0.3) is 0 Å². The molecule has 0 saturated heterocycles. The molecule has 3 nitrogen and oxygen atoms in total. The summed E-state index contributed by atoms with van der Waals surface area (Å²) in [7, 11) is 4.24. The fraction of sp³-hybridized carbons (Fsp3) is 0.417. The SMILES string of the molecule is Cc1cn(C)c(-c2ccc3c(c2C)-c2c(ccc[n+]2C)C(C)(C)C3(C)C)n1. The molecule has 1 aliphatic rings. The van der Waals surface area contributed by atoms with Gasteiger partial charge in [0, 0.05) is 35.9 Å². The van der Waals surface area contributed by atoms with E-state index in [0.29, 0.717) is 0 Å². The molecular formula is C24H30N3+. The van der Waals surface area contributed by atoms with Gasteiger partial charge >= 0.3 is 0 Å². The third-order valence-electron chi connectivity index (χ3n) is 7.03. The Balaban J connectivity index is 2.12. The number of nitrogens with zero attached hydrogens (tertiary/aromatic N) is 3. The standard InChI is InChI=1S/C24H30N3/c1-15-14-27(8)22(25-15)17-11-12-18-20(16(17)2)21-19(10-9-13-26(21)7)24(5,6)23(18,3)4/h9-14H,1-8H3/q+1. The van der Waals surface area contributed by atoms with Crippen molar-refractivity contribution in [2.24, 2.45) is 14.1 Å². The lowest BCUT2D eigenvalue weighted by molar-refractivity contribution is -0.661. The van der Waals surface area contributed by atoms with Gasteiger partial charge in [-0.1, -0.05) is 39.8 Å². The molecule has 0 bridgehead atoms. The molecule has 0 radical (unpaired) electrons. The minimum atomic E-state index is 0.0323. The van der Waals surface area contributed by atoms with Crippen LogP contribution < -0.4 is 4.57 Å². The number of hydrogen-bond donors (Lipinski definition) is 0. The van der Waals surface area contributed by atoms with Crippen molar-refractivity contribution in [3.05, 3.63) is 59.0 Å². The summed E-state index contributed by atoms with van der Waals surface area (Å²) in [6.45, 7) is 13.8. The molecule has 1 aliphatic carbocycles. The average Bonchev–Trinajstić information content (AvgIpc) is 2.91. The van der Waals surface area contributed by atoms with E-state index in [4.69, 9.17) is 4.98 Å². The smallest absolute Gasteiger partial charge is 0.216 e. The molecule has 27 heavy (non-hydrogen) atoms. The largest absolute Gasteiger partial charge is 0.334 e. The molecule has 0 amide bonds. The predicted octanol–water partition coefficient (Wildman–Crippen LogP) is 4.76. The summed E-state index contributed by atoms with van der Waals surface area (Å²) < 4.78 is 4.42. The minimum absolute atomic E-state index is 0.0323. The molecule has 0 atom stereocenters.